The van der Waals surface area contributed by atoms with E-state index in [1.807, 2.05) is 35.0 Å². The molecule has 96 valence electrons. The second-order valence-corrected chi connectivity index (χ2v) is 4.72. The Balaban J connectivity index is 1.66. The molecule has 3 aromatic heterocycles. The molecule has 0 spiro atoms. The van der Waals surface area contributed by atoms with E-state index in [0.717, 1.165) is 21.9 Å². The summed E-state index contributed by atoms with van der Waals surface area (Å²) in [5, 5.41) is 3.24. The fourth-order valence-corrected chi connectivity index (χ4v) is 2.01. The first-order valence-electron chi connectivity index (χ1n) is 5.74. The molecule has 3 aromatic rings. The van der Waals surface area contributed by atoms with Crippen LogP contribution in [0.15, 0.2) is 58.3 Å². The number of halogens is 1. The summed E-state index contributed by atoms with van der Waals surface area (Å²) in [5.41, 5.74) is 0.941. The Morgan fingerprint density at radius 2 is 2.21 bits per heavy atom. The summed E-state index contributed by atoms with van der Waals surface area (Å²) in [4.78, 5) is 8.35. The number of nitrogens with one attached hydrogen (secondary N) is 1. The van der Waals surface area contributed by atoms with Crippen LogP contribution in [0, 0.1) is 0 Å². The van der Waals surface area contributed by atoms with E-state index < -0.39 is 0 Å². The molecule has 0 aromatic carbocycles. The van der Waals surface area contributed by atoms with Gasteiger partial charge in [0.1, 0.15) is 17.9 Å². The van der Waals surface area contributed by atoms with Crippen molar-refractivity contribution in [2.75, 3.05) is 5.32 Å². The Kier molecular flexibility index (Phi) is 3.33. The standard InChI is InChI=1S/C13H11BrN4O/c14-12-3-2-11(19-12)8-16-10-1-4-13(17-7-10)18-6-5-15-9-18/h1-7,9,16H,8H2. The van der Waals surface area contributed by atoms with Crippen LogP contribution < -0.4 is 5.32 Å². The van der Waals surface area contributed by atoms with E-state index in [2.05, 4.69) is 31.2 Å². The van der Waals surface area contributed by atoms with Crippen LogP contribution >= 0.6 is 15.9 Å². The van der Waals surface area contributed by atoms with Gasteiger partial charge < -0.3 is 9.73 Å². The van der Waals surface area contributed by atoms with Crippen LogP contribution in [-0.4, -0.2) is 14.5 Å². The first-order chi connectivity index (χ1) is 9.31. The van der Waals surface area contributed by atoms with Gasteiger partial charge in [-0.2, -0.15) is 0 Å². The van der Waals surface area contributed by atoms with Crippen LogP contribution in [-0.2, 0) is 6.54 Å². The van der Waals surface area contributed by atoms with E-state index in [-0.39, 0.29) is 0 Å². The lowest BCUT2D eigenvalue weighted by atomic mass is 10.3. The van der Waals surface area contributed by atoms with Gasteiger partial charge in [0.15, 0.2) is 4.67 Å². The van der Waals surface area contributed by atoms with Gasteiger partial charge in [-0.3, -0.25) is 4.57 Å². The maximum absolute atomic E-state index is 5.41. The normalized spacial score (nSPS) is 10.6. The van der Waals surface area contributed by atoms with Crippen LogP contribution in [0.5, 0.6) is 0 Å². The van der Waals surface area contributed by atoms with Crippen molar-refractivity contribution >= 4 is 21.6 Å². The van der Waals surface area contributed by atoms with Crippen molar-refractivity contribution in [2.45, 2.75) is 6.54 Å². The van der Waals surface area contributed by atoms with Gasteiger partial charge in [-0.05, 0) is 40.2 Å². The molecule has 19 heavy (non-hydrogen) atoms. The van der Waals surface area contributed by atoms with Crippen molar-refractivity contribution in [3.05, 3.63) is 59.6 Å². The first-order valence-corrected chi connectivity index (χ1v) is 6.53. The average molecular weight is 319 g/mol. The maximum atomic E-state index is 5.41. The Bertz CT molecular complexity index is 646. The molecule has 0 amide bonds. The zero-order valence-corrected chi connectivity index (χ0v) is 11.5. The van der Waals surface area contributed by atoms with Gasteiger partial charge in [0, 0.05) is 12.4 Å². The summed E-state index contributed by atoms with van der Waals surface area (Å²) in [6.45, 7) is 0.623. The molecular formula is C13H11BrN4O. The number of imidazole rings is 1. The molecule has 0 aliphatic heterocycles. The van der Waals surface area contributed by atoms with Crippen molar-refractivity contribution in [3.8, 4) is 5.82 Å². The molecule has 0 unspecified atom stereocenters. The summed E-state index contributed by atoms with van der Waals surface area (Å²) in [6, 6.07) is 7.70. The van der Waals surface area contributed by atoms with Crippen LogP contribution in [0.2, 0.25) is 0 Å². The number of aromatic nitrogens is 3. The largest absolute Gasteiger partial charge is 0.452 e. The van der Waals surface area contributed by atoms with E-state index >= 15 is 0 Å². The number of nitrogens with zero attached hydrogens (tertiary/aromatic N) is 3. The number of hydrogen-bond acceptors (Lipinski definition) is 4. The topological polar surface area (TPSA) is 55.9 Å². The predicted octanol–water partition coefficient (Wildman–Crippen LogP) is 3.23. The van der Waals surface area contributed by atoms with Crippen molar-refractivity contribution in [3.63, 3.8) is 0 Å². The third-order valence-electron chi connectivity index (χ3n) is 2.61. The summed E-state index contributed by atoms with van der Waals surface area (Å²) >= 11 is 3.27. The second-order valence-electron chi connectivity index (χ2n) is 3.93. The van der Waals surface area contributed by atoms with Crippen molar-refractivity contribution in [1.29, 1.82) is 0 Å². The minimum absolute atomic E-state index is 0.623. The SMILES string of the molecule is Brc1ccc(CNc2ccc(-n3ccnc3)nc2)o1. The van der Waals surface area contributed by atoms with E-state index in [0.29, 0.717) is 6.54 Å². The molecule has 0 atom stereocenters. The summed E-state index contributed by atoms with van der Waals surface area (Å²) in [6.07, 6.45) is 7.08. The van der Waals surface area contributed by atoms with Gasteiger partial charge in [-0.1, -0.05) is 0 Å². The Labute approximate surface area is 118 Å². The van der Waals surface area contributed by atoms with E-state index in [1.54, 1.807) is 18.7 Å². The predicted molar refractivity (Wildman–Crippen MR) is 75.1 cm³/mol. The molecule has 3 rings (SSSR count). The minimum Gasteiger partial charge on any atom is -0.452 e. The van der Waals surface area contributed by atoms with Gasteiger partial charge in [0.05, 0.1) is 18.4 Å². The average Bonchev–Trinajstić information content (AvgIpc) is 3.08. The molecule has 0 radical (unpaired) electrons. The Morgan fingerprint density at radius 1 is 1.26 bits per heavy atom. The zero-order chi connectivity index (χ0) is 13.1. The molecule has 0 fully saturated rings. The highest BCUT2D eigenvalue weighted by Gasteiger charge is 2.01. The van der Waals surface area contributed by atoms with E-state index in [9.17, 15) is 0 Å². The Hall–Kier alpha value is -2.08. The quantitative estimate of drug-likeness (QED) is 0.802. The maximum Gasteiger partial charge on any atom is 0.169 e. The lowest BCUT2D eigenvalue weighted by Gasteiger charge is -2.05. The van der Waals surface area contributed by atoms with Gasteiger partial charge in [0.2, 0.25) is 0 Å². The number of anilines is 1. The van der Waals surface area contributed by atoms with Crippen molar-refractivity contribution in [2.24, 2.45) is 0 Å². The van der Waals surface area contributed by atoms with Gasteiger partial charge in [0.25, 0.3) is 0 Å². The molecular weight excluding hydrogens is 308 g/mol. The summed E-state index contributed by atoms with van der Waals surface area (Å²) < 4.78 is 8.00. The molecule has 0 saturated heterocycles. The fourth-order valence-electron chi connectivity index (χ4n) is 1.67. The molecule has 3 heterocycles. The van der Waals surface area contributed by atoms with E-state index in [1.165, 1.54) is 0 Å². The smallest absolute Gasteiger partial charge is 0.169 e. The lowest BCUT2D eigenvalue weighted by Crippen LogP contribution is -2.00. The molecule has 0 saturated carbocycles. The van der Waals surface area contributed by atoms with Crippen LogP contribution in [0.3, 0.4) is 0 Å². The fraction of sp³-hybridized carbons (Fsp3) is 0.0769. The third kappa shape index (κ3) is 2.85. The van der Waals surface area contributed by atoms with Crippen LogP contribution in [0.25, 0.3) is 5.82 Å². The number of pyridine rings is 1. The highest BCUT2D eigenvalue weighted by Crippen LogP contribution is 2.16. The highest BCUT2D eigenvalue weighted by molar-refractivity contribution is 9.10. The van der Waals surface area contributed by atoms with E-state index in [4.69, 9.17) is 4.42 Å². The van der Waals surface area contributed by atoms with Crippen LogP contribution in [0.4, 0.5) is 5.69 Å². The number of furan rings is 1. The van der Waals surface area contributed by atoms with Gasteiger partial charge in [-0.25, -0.2) is 9.97 Å². The van der Waals surface area contributed by atoms with Gasteiger partial charge in [-0.15, -0.1) is 0 Å². The lowest BCUT2D eigenvalue weighted by molar-refractivity contribution is 0.495. The summed E-state index contributed by atoms with van der Waals surface area (Å²) in [7, 11) is 0. The van der Waals surface area contributed by atoms with Crippen LogP contribution in [0.1, 0.15) is 5.76 Å². The number of rotatable bonds is 4. The monoisotopic (exact) mass is 318 g/mol. The molecule has 0 aliphatic rings. The third-order valence-corrected chi connectivity index (χ3v) is 3.04. The van der Waals surface area contributed by atoms with Crippen molar-refractivity contribution in [1.82, 2.24) is 14.5 Å². The first kappa shape index (κ1) is 12.0. The zero-order valence-electron chi connectivity index (χ0n) is 9.95. The van der Waals surface area contributed by atoms with Crippen molar-refractivity contribution < 1.29 is 4.42 Å². The second kappa shape index (κ2) is 5.27. The molecule has 6 heteroatoms. The summed E-state index contributed by atoms with van der Waals surface area (Å²) in [5.74, 6) is 1.70. The highest BCUT2D eigenvalue weighted by atomic mass is 79.9. The molecule has 5 nitrogen and oxygen atoms in total. The van der Waals surface area contributed by atoms with Gasteiger partial charge >= 0.3 is 0 Å². The molecule has 0 aliphatic carbocycles. The molecule has 1 N–H and O–H groups in total. The number of hydrogen-bond donors (Lipinski definition) is 1. The Morgan fingerprint density at radius 3 is 2.84 bits per heavy atom. The minimum atomic E-state index is 0.623. The molecule has 0 bridgehead atoms.